The number of hydrogen-bond donors (Lipinski definition) is 2. The van der Waals surface area contributed by atoms with E-state index in [2.05, 4.69) is 24.1 Å². The molecular weight excluding hydrogens is 152 g/mol. The molecule has 1 saturated heterocycles. The van der Waals surface area contributed by atoms with Crippen LogP contribution in [0.4, 0.5) is 0 Å². The monoisotopic (exact) mass is 172 g/mol. The second-order valence-electron chi connectivity index (χ2n) is 3.93. The fourth-order valence-corrected chi connectivity index (χ4v) is 1.69. The minimum absolute atomic E-state index is 0.278. The number of nitrogens with one attached hydrogen (secondary N) is 1. The van der Waals surface area contributed by atoms with Gasteiger partial charge >= 0.3 is 0 Å². The first-order valence-corrected chi connectivity index (χ1v) is 4.79. The van der Waals surface area contributed by atoms with Gasteiger partial charge in [-0.25, -0.2) is 0 Å². The first kappa shape index (κ1) is 9.96. The molecule has 0 aromatic rings. The van der Waals surface area contributed by atoms with Gasteiger partial charge < -0.3 is 10.4 Å². The van der Waals surface area contributed by atoms with E-state index in [1.54, 1.807) is 0 Å². The second kappa shape index (κ2) is 4.80. The van der Waals surface area contributed by atoms with Gasteiger partial charge in [0.15, 0.2) is 0 Å². The molecule has 1 rings (SSSR count). The summed E-state index contributed by atoms with van der Waals surface area (Å²) >= 11 is 0. The van der Waals surface area contributed by atoms with Crippen molar-refractivity contribution >= 4 is 0 Å². The summed E-state index contributed by atoms with van der Waals surface area (Å²) in [5, 5.41) is 12.4. The summed E-state index contributed by atoms with van der Waals surface area (Å²) in [6.07, 6.45) is 0. The number of rotatable bonds is 3. The highest BCUT2D eigenvalue weighted by Gasteiger charge is 2.21. The first-order chi connectivity index (χ1) is 5.74. The fraction of sp³-hybridized carbons (Fsp3) is 1.00. The van der Waals surface area contributed by atoms with Gasteiger partial charge in [-0.2, -0.15) is 0 Å². The molecule has 0 aromatic heterocycles. The Labute approximate surface area is 74.8 Å². The third kappa shape index (κ3) is 2.73. The van der Waals surface area contributed by atoms with Crippen LogP contribution < -0.4 is 5.32 Å². The van der Waals surface area contributed by atoms with Crippen molar-refractivity contribution in [1.29, 1.82) is 0 Å². The molecule has 1 atom stereocenters. The molecule has 2 N–H and O–H groups in total. The van der Waals surface area contributed by atoms with Crippen molar-refractivity contribution in [2.45, 2.75) is 19.9 Å². The van der Waals surface area contributed by atoms with Crippen molar-refractivity contribution in [3.05, 3.63) is 0 Å². The van der Waals surface area contributed by atoms with Crippen molar-refractivity contribution < 1.29 is 5.11 Å². The Morgan fingerprint density at radius 3 is 2.92 bits per heavy atom. The quantitative estimate of drug-likeness (QED) is 0.624. The molecule has 0 bridgehead atoms. The number of piperazine rings is 1. The topological polar surface area (TPSA) is 35.5 Å². The van der Waals surface area contributed by atoms with E-state index in [1.165, 1.54) is 0 Å². The van der Waals surface area contributed by atoms with Gasteiger partial charge in [0.2, 0.25) is 0 Å². The van der Waals surface area contributed by atoms with E-state index in [0.29, 0.717) is 12.0 Å². The summed E-state index contributed by atoms with van der Waals surface area (Å²) in [5.41, 5.74) is 0. The molecule has 1 fully saturated rings. The maximum absolute atomic E-state index is 9.09. The zero-order valence-electron chi connectivity index (χ0n) is 8.08. The average molecular weight is 172 g/mol. The van der Waals surface area contributed by atoms with Crippen molar-refractivity contribution in [3.8, 4) is 0 Å². The highest BCUT2D eigenvalue weighted by Crippen LogP contribution is 2.06. The van der Waals surface area contributed by atoms with E-state index in [1.807, 2.05) is 0 Å². The van der Waals surface area contributed by atoms with Crippen molar-refractivity contribution in [2.24, 2.45) is 5.92 Å². The SMILES string of the molecule is CC(C)CN1CCNC[C@@H]1CO. The number of hydrogen-bond acceptors (Lipinski definition) is 3. The van der Waals surface area contributed by atoms with Crippen LogP contribution in [0.1, 0.15) is 13.8 Å². The van der Waals surface area contributed by atoms with E-state index in [4.69, 9.17) is 5.11 Å². The van der Waals surface area contributed by atoms with E-state index in [-0.39, 0.29) is 6.61 Å². The van der Waals surface area contributed by atoms with Crippen LogP contribution in [0.15, 0.2) is 0 Å². The van der Waals surface area contributed by atoms with Crippen LogP contribution in [0.5, 0.6) is 0 Å². The van der Waals surface area contributed by atoms with Crippen LogP contribution in [0, 0.1) is 5.92 Å². The fourth-order valence-electron chi connectivity index (χ4n) is 1.69. The Balaban J connectivity index is 2.36. The van der Waals surface area contributed by atoms with Crippen molar-refractivity contribution in [2.75, 3.05) is 32.8 Å². The van der Waals surface area contributed by atoms with E-state index < -0.39 is 0 Å². The number of aliphatic hydroxyl groups is 1. The molecule has 12 heavy (non-hydrogen) atoms. The third-order valence-electron chi connectivity index (χ3n) is 2.28. The molecular formula is C9H20N2O. The van der Waals surface area contributed by atoms with Crippen LogP contribution in [0.2, 0.25) is 0 Å². The summed E-state index contributed by atoms with van der Waals surface area (Å²) in [6, 6.07) is 0.334. The average Bonchev–Trinajstić information content (AvgIpc) is 2.04. The zero-order valence-corrected chi connectivity index (χ0v) is 8.08. The summed E-state index contributed by atoms with van der Waals surface area (Å²) in [6.45, 7) is 8.88. The summed E-state index contributed by atoms with van der Waals surface area (Å²) in [7, 11) is 0. The van der Waals surface area contributed by atoms with Gasteiger partial charge in [0, 0.05) is 32.2 Å². The van der Waals surface area contributed by atoms with Crippen LogP contribution in [-0.4, -0.2) is 48.8 Å². The minimum Gasteiger partial charge on any atom is -0.395 e. The normalized spacial score (nSPS) is 26.5. The van der Waals surface area contributed by atoms with Gasteiger partial charge in [0.25, 0.3) is 0 Å². The molecule has 0 unspecified atom stereocenters. The van der Waals surface area contributed by atoms with Gasteiger partial charge in [-0.15, -0.1) is 0 Å². The van der Waals surface area contributed by atoms with Gasteiger partial charge in [-0.05, 0) is 5.92 Å². The van der Waals surface area contributed by atoms with Crippen LogP contribution >= 0.6 is 0 Å². The molecule has 3 heteroatoms. The lowest BCUT2D eigenvalue weighted by molar-refractivity contribution is 0.0905. The minimum atomic E-state index is 0.278. The largest absolute Gasteiger partial charge is 0.395 e. The Bertz CT molecular complexity index is 128. The molecule has 0 saturated carbocycles. The van der Waals surface area contributed by atoms with Gasteiger partial charge in [-0.3, -0.25) is 4.90 Å². The molecule has 0 aliphatic carbocycles. The lowest BCUT2D eigenvalue weighted by atomic mass is 10.1. The van der Waals surface area contributed by atoms with Gasteiger partial charge in [0.1, 0.15) is 0 Å². The summed E-state index contributed by atoms with van der Waals surface area (Å²) in [5.74, 6) is 0.692. The molecule has 0 spiro atoms. The molecule has 72 valence electrons. The highest BCUT2D eigenvalue weighted by molar-refractivity contribution is 4.79. The Kier molecular flexibility index (Phi) is 3.98. The molecule has 1 aliphatic rings. The molecule has 0 radical (unpaired) electrons. The lowest BCUT2D eigenvalue weighted by Crippen LogP contribution is -2.53. The van der Waals surface area contributed by atoms with Crippen molar-refractivity contribution in [1.82, 2.24) is 10.2 Å². The first-order valence-electron chi connectivity index (χ1n) is 4.79. The lowest BCUT2D eigenvalue weighted by Gasteiger charge is -2.36. The standard InChI is InChI=1S/C9H20N2O/c1-8(2)6-11-4-3-10-5-9(11)7-12/h8-10,12H,3-7H2,1-2H3/t9-/m1/s1. The van der Waals surface area contributed by atoms with E-state index in [0.717, 1.165) is 26.2 Å². The van der Waals surface area contributed by atoms with E-state index in [9.17, 15) is 0 Å². The van der Waals surface area contributed by atoms with Crippen LogP contribution in [0.25, 0.3) is 0 Å². The second-order valence-corrected chi connectivity index (χ2v) is 3.93. The van der Waals surface area contributed by atoms with Crippen molar-refractivity contribution in [3.63, 3.8) is 0 Å². The van der Waals surface area contributed by atoms with E-state index >= 15 is 0 Å². The van der Waals surface area contributed by atoms with Crippen LogP contribution in [-0.2, 0) is 0 Å². The molecule has 1 aliphatic heterocycles. The maximum atomic E-state index is 9.09. The van der Waals surface area contributed by atoms with Gasteiger partial charge in [0.05, 0.1) is 6.61 Å². The summed E-state index contributed by atoms with van der Waals surface area (Å²) < 4.78 is 0. The predicted octanol–water partition coefficient (Wildman–Crippen LogP) is -0.0915. The summed E-state index contributed by atoms with van der Waals surface area (Å²) in [4.78, 5) is 2.38. The number of nitrogens with zero attached hydrogens (tertiary/aromatic N) is 1. The van der Waals surface area contributed by atoms with Crippen LogP contribution in [0.3, 0.4) is 0 Å². The number of aliphatic hydroxyl groups excluding tert-OH is 1. The predicted molar refractivity (Wildman–Crippen MR) is 50.2 cm³/mol. The van der Waals surface area contributed by atoms with Gasteiger partial charge in [-0.1, -0.05) is 13.8 Å². The Morgan fingerprint density at radius 1 is 1.58 bits per heavy atom. The highest BCUT2D eigenvalue weighted by atomic mass is 16.3. The zero-order chi connectivity index (χ0) is 8.97. The Hall–Kier alpha value is -0.120. The molecule has 1 heterocycles. The molecule has 0 aromatic carbocycles. The maximum Gasteiger partial charge on any atom is 0.0599 e. The Morgan fingerprint density at radius 2 is 2.33 bits per heavy atom. The smallest absolute Gasteiger partial charge is 0.0599 e. The molecule has 0 amide bonds. The molecule has 3 nitrogen and oxygen atoms in total. The third-order valence-corrected chi connectivity index (χ3v) is 2.28.